The standard InChI is InChI=1S/C20H18N4O4S/c1-3-11-23-19(26)16-9-4-5-10-17(16)22-20(23)29-13(2)18(25)21-14-7-6-8-15(12-14)24(27)28/h3-10,12-13H,1,11H2,2H3,(H,21,25)/t13-/m0/s1. The highest BCUT2D eigenvalue weighted by molar-refractivity contribution is 8.00. The molecule has 0 spiro atoms. The van der Waals surface area contributed by atoms with Gasteiger partial charge in [-0.1, -0.05) is 36.0 Å². The number of nitrogens with one attached hydrogen (secondary N) is 1. The number of nitro benzene ring substituents is 1. The molecule has 0 aliphatic carbocycles. The smallest absolute Gasteiger partial charge is 0.271 e. The highest BCUT2D eigenvalue weighted by Gasteiger charge is 2.20. The van der Waals surface area contributed by atoms with E-state index < -0.39 is 10.2 Å². The number of anilines is 1. The number of rotatable bonds is 7. The van der Waals surface area contributed by atoms with Gasteiger partial charge in [0.05, 0.1) is 21.1 Å². The minimum absolute atomic E-state index is 0.112. The summed E-state index contributed by atoms with van der Waals surface area (Å²) in [6.45, 7) is 5.62. The van der Waals surface area contributed by atoms with E-state index >= 15 is 0 Å². The van der Waals surface area contributed by atoms with Crippen LogP contribution in [0.1, 0.15) is 6.92 Å². The number of fused-ring (bicyclic) bond motifs is 1. The number of non-ortho nitro benzene ring substituents is 1. The maximum atomic E-state index is 12.8. The van der Waals surface area contributed by atoms with Crippen LogP contribution in [0.2, 0.25) is 0 Å². The first-order valence-corrected chi connectivity index (χ1v) is 9.61. The first-order chi connectivity index (χ1) is 13.9. The number of allylic oxidation sites excluding steroid dienone is 1. The van der Waals surface area contributed by atoms with Gasteiger partial charge in [0.2, 0.25) is 5.91 Å². The van der Waals surface area contributed by atoms with Crippen molar-refractivity contribution in [3.63, 3.8) is 0 Å². The molecule has 0 fully saturated rings. The zero-order valence-corrected chi connectivity index (χ0v) is 16.4. The van der Waals surface area contributed by atoms with Crippen molar-refractivity contribution in [3.05, 3.63) is 81.7 Å². The molecule has 0 unspecified atom stereocenters. The summed E-state index contributed by atoms with van der Waals surface area (Å²) < 4.78 is 1.47. The highest BCUT2D eigenvalue weighted by Crippen LogP contribution is 2.24. The normalized spacial score (nSPS) is 11.8. The number of hydrogen-bond acceptors (Lipinski definition) is 6. The van der Waals surface area contributed by atoms with Crippen LogP contribution in [-0.2, 0) is 11.3 Å². The molecule has 3 rings (SSSR count). The SMILES string of the molecule is C=CCn1c(S[C@@H](C)C(=O)Nc2cccc([N+](=O)[O-])c2)nc2ccccc2c1=O. The van der Waals surface area contributed by atoms with E-state index in [9.17, 15) is 19.7 Å². The molecule has 0 radical (unpaired) electrons. The lowest BCUT2D eigenvalue weighted by Crippen LogP contribution is -2.26. The van der Waals surface area contributed by atoms with E-state index in [0.717, 1.165) is 11.8 Å². The number of para-hydroxylation sites is 1. The van der Waals surface area contributed by atoms with Gasteiger partial charge in [-0.25, -0.2) is 4.98 Å². The van der Waals surface area contributed by atoms with Gasteiger partial charge in [-0.15, -0.1) is 6.58 Å². The summed E-state index contributed by atoms with van der Waals surface area (Å²) in [6, 6.07) is 12.7. The summed E-state index contributed by atoms with van der Waals surface area (Å²) in [5.74, 6) is -0.358. The lowest BCUT2D eigenvalue weighted by Gasteiger charge is -2.15. The van der Waals surface area contributed by atoms with Gasteiger partial charge in [-0.05, 0) is 25.1 Å². The van der Waals surface area contributed by atoms with Crippen LogP contribution in [0.15, 0.2) is 71.1 Å². The molecule has 8 nitrogen and oxygen atoms in total. The molecule has 0 bridgehead atoms. The van der Waals surface area contributed by atoms with Crippen molar-refractivity contribution in [3.8, 4) is 0 Å². The quantitative estimate of drug-likeness (QED) is 0.210. The van der Waals surface area contributed by atoms with Crippen LogP contribution in [0.5, 0.6) is 0 Å². The number of amides is 1. The van der Waals surface area contributed by atoms with Crippen molar-refractivity contribution in [2.45, 2.75) is 23.9 Å². The number of hydrogen-bond donors (Lipinski definition) is 1. The third-order valence-corrected chi connectivity index (χ3v) is 5.20. The Hall–Kier alpha value is -3.46. The fraction of sp³-hybridized carbons (Fsp3) is 0.150. The number of aromatic nitrogens is 2. The average molecular weight is 410 g/mol. The fourth-order valence-corrected chi connectivity index (χ4v) is 3.60. The second-order valence-corrected chi connectivity index (χ2v) is 7.48. The number of thioether (sulfide) groups is 1. The van der Waals surface area contributed by atoms with Gasteiger partial charge in [-0.2, -0.15) is 0 Å². The molecule has 29 heavy (non-hydrogen) atoms. The summed E-state index contributed by atoms with van der Waals surface area (Å²) >= 11 is 1.14. The number of benzene rings is 2. The molecule has 2 aromatic carbocycles. The molecule has 0 saturated carbocycles. The molecule has 1 atom stereocenters. The molecule has 0 saturated heterocycles. The van der Waals surface area contributed by atoms with Crippen LogP contribution < -0.4 is 10.9 Å². The van der Waals surface area contributed by atoms with Gasteiger partial charge < -0.3 is 5.32 Å². The van der Waals surface area contributed by atoms with Crippen molar-refractivity contribution in [1.82, 2.24) is 9.55 Å². The predicted molar refractivity (Wildman–Crippen MR) is 113 cm³/mol. The van der Waals surface area contributed by atoms with Gasteiger partial charge in [0.1, 0.15) is 0 Å². The Labute approximate surface area is 170 Å². The summed E-state index contributed by atoms with van der Waals surface area (Å²) in [7, 11) is 0. The molecule has 0 aliphatic heterocycles. The van der Waals surface area contributed by atoms with Gasteiger partial charge in [0.25, 0.3) is 11.2 Å². The molecule has 148 valence electrons. The van der Waals surface area contributed by atoms with E-state index in [2.05, 4.69) is 16.9 Å². The summed E-state index contributed by atoms with van der Waals surface area (Å²) in [4.78, 5) is 40.3. The summed E-state index contributed by atoms with van der Waals surface area (Å²) in [6.07, 6.45) is 1.59. The molecule has 1 aromatic heterocycles. The topological polar surface area (TPSA) is 107 Å². The first kappa shape index (κ1) is 20.3. The van der Waals surface area contributed by atoms with E-state index in [1.165, 1.54) is 22.8 Å². The Bertz CT molecular complexity index is 1160. The highest BCUT2D eigenvalue weighted by atomic mass is 32.2. The van der Waals surface area contributed by atoms with Crippen molar-refractivity contribution >= 4 is 39.9 Å². The minimum Gasteiger partial charge on any atom is -0.325 e. The van der Waals surface area contributed by atoms with Crippen LogP contribution >= 0.6 is 11.8 Å². The van der Waals surface area contributed by atoms with Gasteiger partial charge in [0.15, 0.2) is 5.16 Å². The Balaban J connectivity index is 1.86. The van der Waals surface area contributed by atoms with E-state index in [4.69, 9.17) is 0 Å². The minimum atomic E-state index is -0.599. The number of carbonyl (C=O) groups is 1. The van der Waals surface area contributed by atoms with Crippen molar-refractivity contribution < 1.29 is 9.72 Å². The van der Waals surface area contributed by atoms with E-state index in [-0.39, 0.29) is 23.7 Å². The summed E-state index contributed by atoms with van der Waals surface area (Å²) in [5, 5.41) is 13.8. The Morgan fingerprint density at radius 1 is 1.34 bits per heavy atom. The molecule has 1 amide bonds. The summed E-state index contributed by atoms with van der Waals surface area (Å²) in [5.41, 5.74) is 0.557. The Morgan fingerprint density at radius 2 is 2.10 bits per heavy atom. The second kappa shape index (κ2) is 8.70. The number of nitrogens with zero attached hydrogens (tertiary/aromatic N) is 3. The second-order valence-electron chi connectivity index (χ2n) is 6.17. The maximum absolute atomic E-state index is 12.8. The molecular formula is C20H18N4O4S. The zero-order valence-electron chi connectivity index (χ0n) is 15.6. The third-order valence-electron chi connectivity index (χ3n) is 4.11. The molecule has 9 heteroatoms. The van der Waals surface area contributed by atoms with Crippen molar-refractivity contribution in [2.75, 3.05) is 5.32 Å². The van der Waals surface area contributed by atoms with Crippen LogP contribution in [0.25, 0.3) is 10.9 Å². The third kappa shape index (κ3) is 4.52. The van der Waals surface area contributed by atoms with Crippen LogP contribution in [0.4, 0.5) is 11.4 Å². The average Bonchev–Trinajstić information content (AvgIpc) is 2.71. The van der Waals surface area contributed by atoms with Gasteiger partial charge >= 0.3 is 0 Å². The number of carbonyl (C=O) groups excluding carboxylic acids is 1. The Kier molecular flexibility index (Phi) is 6.08. The first-order valence-electron chi connectivity index (χ1n) is 8.73. The number of nitro groups is 1. The predicted octanol–water partition coefficient (Wildman–Crippen LogP) is 3.61. The van der Waals surface area contributed by atoms with E-state index in [1.54, 1.807) is 43.3 Å². The maximum Gasteiger partial charge on any atom is 0.271 e. The monoisotopic (exact) mass is 410 g/mol. The molecule has 0 aliphatic rings. The lowest BCUT2D eigenvalue weighted by atomic mass is 10.2. The van der Waals surface area contributed by atoms with E-state index in [0.29, 0.717) is 21.7 Å². The van der Waals surface area contributed by atoms with Crippen molar-refractivity contribution in [2.24, 2.45) is 0 Å². The van der Waals surface area contributed by atoms with Gasteiger partial charge in [0, 0.05) is 24.4 Å². The van der Waals surface area contributed by atoms with Crippen LogP contribution in [0, 0.1) is 10.1 Å². The van der Waals surface area contributed by atoms with Crippen LogP contribution in [0.3, 0.4) is 0 Å². The van der Waals surface area contributed by atoms with Gasteiger partial charge in [-0.3, -0.25) is 24.3 Å². The zero-order chi connectivity index (χ0) is 21.0. The van der Waals surface area contributed by atoms with Crippen molar-refractivity contribution in [1.29, 1.82) is 0 Å². The lowest BCUT2D eigenvalue weighted by molar-refractivity contribution is -0.384. The largest absolute Gasteiger partial charge is 0.325 e. The van der Waals surface area contributed by atoms with Crippen LogP contribution in [-0.4, -0.2) is 25.6 Å². The molecular weight excluding hydrogens is 392 g/mol. The Morgan fingerprint density at radius 3 is 2.83 bits per heavy atom. The fourth-order valence-electron chi connectivity index (χ4n) is 2.68. The molecule has 1 N–H and O–H groups in total. The molecule has 3 aromatic rings. The van der Waals surface area contributed by atoms with E-state index in [1.807, 2.05) is 0 Å². The molecule has 1 heterocycles.